The second kappa shape index (κ2) is 8.06. The van der Waals surface area contributed by atoms with Crippen LogP contribution >= 0.6 is 11.5 Å². The minimum Gasteiger partial charge on any atom is -0.505 e. The van der Waals surface area contributed by atoms with Crippen molar-refractivity contribution in [2.75, 3.05) is 37.6 Å². The maximum absolute atomic E-state index is 12.3. The molecule has 0 radical (unpaired) electrons. The first-order valence-electron chi connectivity index (χ1n) is 9.28. The topological polar surface area (TPSA) is 74.5 Å². The zero-order valence-corrected chi connectivity index (χ0v) is 15.9. The first-order valence-corrected chi connectivity index (χ1v) is 10.1. The number of rotatable bonds is 6. The van der Waals surface area contributed by atoms with E-state index in [0.29, 0.717) is 5.95 Å². The van der Waals surface area contributed by atoms with Crippen molar-refractivity contribution in [2.24, 2.45) is 0 Å². The van der Waals surface area contributed by atoms with E-state index >= 15 is 0 Å². The van der Waals surface area contributed by atoms with Crippen molar-refractivity contribution in [2.45, 2.75) is 19.4 Å². The van der Waals surface area contributed by atoms with Crippen LogP contribution in [-0.4, -0.2) is 56.7 Å². The number of piperazine rings is 1. The fraction of sp³-hybridized carbons (Fsp3) is 0.421. The van der Waals surface area contributed by atoms with Gasteiger partial charge in [0.05, 0.1) is 22.5 Å². The SMILES string of the molecule is O=c1c2ccccc2sn1CCCCN1CCN(c2ncc(O)cn2)CC1. The van der Waals surface area contributed by atoms with Gasteiger partial charge in [-0.25, -0.2) is 9.97 Å². The molecule has 0 unspecified atom stereocenters. The lowest BCUT2D eigenvalue weighted by Crippen LogP contribution is -2.47. The third kappa shape index (κ3) is 4.12. The highest BCUT2D eigenvalue weighted by Crippen LogP contribution is 2.17. The van der Waals surface area contributed by atoms with Crippen LogP contribution in [0.1, 0.15) is 12.8 Å². The molecular formula is C19H23N5O2S. The number of fused-ring (bicyclic) bond motifs is 1. The molecule has 1 aliphatic heterocycles. The molecule has 0 saturated carbocycles. The predicted molar refractivity (Wildman–Crippen MR) is 108 cm³/mol. The Balaban J connectivity index is 1.22. The van der Waals surface area contributed by atoms with Gasteiger partial charge in [0.2, 0.25) is 5.95 Å². The number of aromatic nitrogens is 3. The van der Waals surface area contributed by atoms with Gasteiger partial charge in [0.15, 0.2) is 5.75 Å². The summed E-state index contributed by atoms with van der Waals surface area (Å²) in [6.45, 7) is 5.57. The van der Waals surface area contributed by atoms with Gasteiger partial charge in [-0.3, -0.25) is 13.7 Å². The Labute approximate surface area is 161 Å². The number of hydrogen-bond donors (Lipinski definition) is 1. The predicted octanol–water partition coefficient (Wildman–Crippen LogP) is 2.16. The van der Waals surface area contributed by atoms with E-state index in [1.807, 2.05) is 28.2 Å². The molecule has 1 saturated heterocycles. The molecule has 27 heavy (non-hydrogen) atoms. The van der Waals surface area contributed by atoms with E-state index in [0.717, 1.165) is 62.2 Å². The normalized spacial score (nSPS) is 15.5. The van der Waals surface area contributed by atoms with Gasteiger partial charge in [-0.2, -0.15) is 0 Å². The zero-order valence-electron chi connectivity index (χ0n) is 15.1. The zero-order chi connectivity index (χ0) is 18.6. The van der Waals surface area contributed by atoms with Crippen molar-refractivity contribution >= 4 is 27.6 Å². The Morgan fingerprint density at radius 3 is 2.44 bits per heavy atom. The van der Waals surface area contributed by atoms with Crippen molar-refractivity contribution in [3.63, 3.8) is 0 Å². The molecule has 1 aliphatic rings. The molecule has 0 bridgehead atoms. The lowest BCUT2D eigenvalue weighted by molar-refractivity contribution is 0.250. The Morgan fingerprint density at radius 1 is 1.00 bits per heavy atom. The Bertz CT molecular complexity index is 945. The summed E-state index contributed by atoms with van der Waals surface area (Å²) in [5.41, 5.74) is 0.137. The Morgan fingerprint density at radius 2 is 1.70 bits per heavy atom. The highest BCUT2D eigenvalue weighted by molar-refractivity contribution is 7.13. The highest BCUT2D eigenvalue weighted by Gasteiger charge is 2.18. The van der Waals surface area contributed by atoms with Crippen LogP contribution in [-0.2, 0) is 6.54 Å². The van der Waals surface area contributed by atoms with Gasteiger partial charge in [-0.15, -0.1) is 0 Å². The fourth-order valence-corrected chi connectivity index (χ4v) is 4.44. The average Bonchev–Trinajstić information content (AvgIpc) is 3.02. The van der Waals surface area contributed by atoms with Crippen LogP contribution in [0.15, 0.2) is 41.5 Å². The molecule has 2 aromatic heterocycles. The summed E-state index contributed by atoms with van der Waals surface area (Å²) in [6.07, 6.45) is 4.96. The van der Waals surface area contributed by atoms with Gasteiger partial charge in [0.1, 0.15) is 0 Å². The number of anilines is 1. The summed E-state index contributed by atoms with van der Waals surface area (Å²) in [7, 11) is 0. The minimum absolute atomic E-state index is 0.0927. The van der Waals surface area contributed by atoms with E-state index in [4.69, 9.17) is 0 Å². The summed E-state index contributed by atoms with van der Waals surface area (Å²) in [5, 5.41) is 10.1. The lowest BCUT2D eigenvalue weighted by Gasteiger charge is -2.34. The van der Waals surface area contributed by atoms with E-state index in [1.165, 1.54) is 12.4 Å². The molecule has 142 valence electrons. The standard InChI is InChI=1S/C19H23N5O2S/c25-15-13-20-19(21-14-15)23-11-9-22(10-12-23)7-3-4-8-24-18(26)16-5-1-2-6-17(16)27-24/h1-2,5-6,13-14,25H,3-4,7-12H2. The molecule has 0 aliphatic carbocycles. The van der Waals surface area contributed by atoms with Gasteiger partial charge in [-0.05, 0) is 31.5 Å². The van der Waals surface area contributed by atoms with Gasteiger partial charge >= 0.3 is 0 Å². The number of unbranched alkanes of at least 4 members (excludes halogenated alkanes) is 1. The molecule has 3 aromatic rings. The maximum atomic E-state index is 12.3. The van der Waals surface area contributed by atoms with Crippen molar-refractivity contribution in [3.05, 3.63) is 47.0 Å². The largest absolute Gasteiger partial charge is 0.505 e. The van der Waals surface area contributed by atoms with Crippen molar-refractivity contribution in [3.8, 4) is 5.75 Å². The molecular weight excluding hydrogens is 362 g/mol. The van der Waals surface area contributed by atoms with Crippen LogP contribution in [0.25, 0.3) is 10.1 Å². The second-order valence-corrected chi connectivity index (χ2v) is 7.83. The summed E-state index contributed by atoms with van der Waals surface area (Å²) in [5.74, 6) is 0.770. The quantitative estimate of drug-likeness (QED) is 0.656. The highest BCUT2D eigenvalue weighted by atomic mass is 32.1. The first kappa shape index (κ1) is 17.9. The summed E-state index contributed by atoms with van der Waals surface area (Å²) in [6, 6.07) is 7.81. The molecule has 0 atom stereocenters. The molecule has 8 heteroatoms. The number of nitrogens with zero attached hydrogens (tertiary/aromatic N) is 5. The molecule has 7 nitrogen and oxygen atoms in total. The summed E-state index contributed by atoms with van der Waals surface area (Å²) in [4.78, 5) is 25.3. The van der Waals surface area contributed by atoms with Crippen LogP contribution in [0.4, 0.5) is 5.95 Å². The second-order valence-electron chi connectivity index (χ2n) is 6.77. The van der Waals surface area contributed by atoms with Gasteiger partial charge in [0, 0.05) is 32.7 Å². The lowest BCUT2D eigenvalue weighted by atomic mass is 10.2. The third-order valence-corrected chi connectivity index (χ3v) is 6.04. The van der Waals surface area contributed by atoms with Gasteiger partial charge in [-0.1, -0.05) is 23.7 Å². The summed E-state index contributed by atoms with van der Waals surface area (Å²) >= 11 is 1.56. The number of hydrogen-bond acceptors (Lipinski definition) is 7. The third-order valence-electron chi connectivity index (χ3n) is 4.92. The monoisotopic (exact) mass is 385 g/mol. The molecule has 0 amide bonds. The van der Waals surface area contributed by atoms with Gasteiger partial charge < -0.3 is 10.0 Å². The molecule has 1 fully saturated rings. The Hall–Kier alpha value is -2.45. The van der Waals surface area contributed by atoms with Crippen LogP contribution in [0, 0.1) is 0 Å². The van der Waals surface area contributed by atoms with E-state index in [1.54, 1.807) is 11.5 Å². The number of aryl methyl sites for hydroxylation is 1. The molecule has 0 spiro atoms. The van der Waals surface area contributed by atoms with Gasteiger partial charge in [0.25, 0.3) is 5.56 Å². The van der Waals surface area contributed by atoms with Crippen molar-refractivity contribution < 1.29 is 5.11 Å². The van der Waals surface area contributed by atoms with Crippen molar-refractivity contribution in [1.82, 2.24) is 18.8 Å². The van der Waals surface area contributed by atoms with Crippen LogP contribution < -0.4 is 10.5 Å². The van der Waals surface area contributed by atoms with E-state index in [-0.39, 0.29) is 11.3 Å². The first-order chi connectivity index (χ1) is 13.2. The smallest absolute Gasteiger partial charge is 0.268 e. The molecule has 4 rings (SSSR count). The summed E-state index contributed by atoms with van der Waals surface area (Å²) < 4.78 is 2.94. The number of benzene rings is 1. The van der Waals surface area contributed by atoms with E-state index in [9.17, 15) is 9.90 Å². The molecule has 1 N–H and O–H groups in total. The maximum Gasteiger partial charge on any atom is 0.268 e. The Kier molecular flexibility index (Phi) is 5.35. The van der Waals surface area contributed by atoms with Crippen LogP contribution in [0.5, 0.6) is 5.75 Å². The van der Waals surface area contributed by atoms with Crippen LogP contribution in [0.2, 0.25) is 0 Å². The van der Waals surface area contributed by atoms with Crippen LogP contribution in [0.3, 0.4) is 0 Å². The van der Waals surface area contributed by atoms with Crippen molar-refractivity contribution in [1.29, 1.82) is 0 Å². The van der Waals surface area contributed by atoms with E-state index < -0.39 is 0 Å². The molecule has 3 heterocycles. The van der Waals surface area contributed by atoms with E-state index in [2.05, 4.69) is 19.8 Å². The minimum atomic E-state index is 0.0927. The average molecular weight is 385 g/mol. The fourth-order valence-electron chi connectivity index (χ4n) is 3.40. The number of aromatic hydroxyl groups is 1. The molecule has 1 aromatic carbocycles.